The number of nitrogens with one attached hydrogen (secondary N) is 2. The van der Waals surface area contributed by atoms with Gasteiger partial charge >= 0.3 is 12.4 Å². The molecule has 0 aromatic heterocycles. The van der Waals surface area contributed by atoms with Gasteiger partial charge in [0.05, 0.1) is 0 Å². The van der Waals surface area contributed by atoms with E-state index in [1.54, 1.807) is 0 Å². The van der Waals surface area contributed by atoms with Crippen molar-refractivity contribution in [3.05, 3.63) is 52.3 Å². The summed E-state index contributed by atoms with van der Waals surface area (Å²) in [5, 5.41) is 4.51. The van der Waals surface area contributed by atoms with E-state index in [9.17, 15) is 22.4 Å². The molecule has 0 saturated heterocycles. The predicted molar refractivity (Wildman–Crippen MR) is 82.2 cm³/mol. The Morgan fingerprint density at radius 1 is 0.917 bits per heavy atom. The van der Waals surface area contributed by atoms with E-state index in [0.29, 0.717) is 0 Å². The van der Waals surface area contributed by atoms with Crippen molar-refractivity contribution in [2.45, 2.75) is 6.36 Å². The lowest BCUT2D eigenvalue weighted by Crippen LogP contribution is -2.20. The van der Waals surface area contributed by atoms with E-state index in [1.807, 2.05) is 0 Å². The van der Waals surface area contributed by atoms with E-state index >= 15 is 0 Å². The molecule has 0 aliphatic rings. The Kier molecular flexibility index (Phi) is 5.40. The van der Waals surface area contributed by atoms with Gasteiger partial charge in [0, 0.05) is 27.5 Å². The van der Waals surface area contributed by atoms with Crippen LogP contribution in [0.3, 0.4) is 0 Å². The number of anilines is 2. The number of alkyl halides is 3. The largest absolute Gasteiger partial charge is 0.573 e. The molecular weight excluding hydrogens is 375 g/mol. The van der Waals surface area contributed by atoms with Crippen molar-refractivity contribution >= 4 is 40.6 Å². The molecule has 2 N–H and O–H groups in total. The molecule has 24 heavy (non-hydrogen) atoms. The Bertz CT molecular complexity index is 749. The quantitative estimate of drug-likeness (QED) is 0.671. The van der Waals surface area contributed by atoms with E-state index in [4.69, 9.17) is 23.2 Å². The lowest BCUT2D eigenvalue weighted by molar-refractivity contribution is -0.274. The van der Waals surface area contributed by atoms with Crippen LogP contribution in [-0.4, -0.2) is 12.4 Å². The Morgan fingerprint density at radius 2 is 1.46 bits per heavy atom. The highest BCUT2D eigenvalue weighted by Crippen LogP contribution is 2.29. The third-order valence-corrected chi connectivity index (χ3v) is 2.92. The summed E-state index contributed by atoms with van der Waals surface area (Å²) >= 11 is 11.3. The van der Waals surface area contributed by atoms with Crippen LogP contribution in [0.1, 0.15) is 0 Å². The molecule has 0 radical (unpaired) electrons. The maximum absolute atomic E-state index is 13.2. The van der Waals surface area contributed by atoms with Gasteiger partial charge in [-0.05, 0) is 30.3 Å². The fourth-order valence-electron chi connectivity index (χ4n) is 1.75. The molecule has 4 nitrogen and oxygen atoms in total. The van der Waals surface area contributed by atoms with Crippen LogP contribution in [0.5, 0.6) is 5.75 Å². The summed E-state index contributed by atoms with van der Waals surface area (Å²) in [5.74, 6) is -1.26. The molecule has 0 heterocycles. The third-order valence-electron chi connectivity index (χ3n) is 2.48. The fraction of sp³-hybridized carbons (Fsp3) is 0.0714. The second-order valence-electron chi connectivity index (χ2n) is 4.46. The molecule has 0 fully saturated rings. The predicted octanol–water partition coefficient (Wildman–Crippen LogP) is 5.68. The topological polar surface area (TPSA) is 50.4 Å². The summed E-state index contributed by atoms with van der Waals surface area (Å²) < 4.78 is 53.6. The van der Waals surface area contributed by atoms with Crippen LogP contribution in [0.15, 0.2) is 36.4 Å². The van der Waals surface area contributed by atoms with Crippen molar-refractivity contribution in [1.29, 1.82) is 0 Å². The van der Waals surface area contributed by atoms with Crippen molar-refractivity contribution in [1.82, 2.24) is 0 Å². The summed E-state index contributed by atoms with van der Waals surface area (Å²) in [6.07, 6.45) is -4.90. The summed E-state index contributed by atoms with van der Waals surface area (Å²) in [6.45, 7) is 0. The first-order chi connectivity index (χ1) is 11.1. The monoisotopic (exact) mass is 382 g/mol. The van der Waals surface area contributed by atoms with Gasteiger partial charge in [-0.15, -0.1) is 13.2 Å². The molecule has 0 spiro atoms. The highest BCUT2D eigenvalue weighted by atomic mass is 35.5. The second kappa shape index (κ2) is 7.14. The lowest BCUT2D eigenvalue weighted by Gasteiger charge is -2.12. The summed E-state index contributed by atoms with van der Waals surface area (Å²) in [4.78, 5) is 11.8. The highest BCUT2D eigenvalue weighted by Gasteiger charge is 2.31. The Morgan fingerprint density at radius 3 is 2.00 bits per heavy atom. The van der Waals surface area contributed by atoms with Crippen molar-refractivity contribution in [3.8, 4) is 5.75 Å². The number of carbonyl (C=O) groups excluding carboxylic acids is 1. The van der Waals surface area contributed by atoms with Crippen molar-refractivity contribution < 1.29 is 27.1 Å². The van der Waals surface area contributed by atoms with Gasteiger partial charge < -0.3 is 15.4 Å². The van der Waals surface area contributed by atoms with Gasteiger partial charge in [-0.25, -0.2) is 9.18 Å². The molecule has 0 aliphatic heterocycles. The number of benzene rings is 2. The van der Waals surface area contributed by atoms with Gasteiger partial charge in [-0.3, -0.25) is 0 Å². The van der Waals surface area contributed by atoms with E-state index in [2.05, 4.69) is 15.4 Å². The van der Waals surface area contributed by atoms with E-state index in [-0.39, 0.29) is 21.4 Å². The van der Waals surface area contributed by atoms with Crippen molar-refractivity contribution in [3.63, 3.8) is 0 Å². The Hall–Kier alpha value is -2.19. The first-order valence-corrected chi connectivity index (χ1v) is 6.97. The van der Waals surface area contributed by atoms with Gasteiger partial charge in [0.2, 0.25) is 0 Å². The number of ether oxygens (including phenoxy) is 1. The zero-order valence-electron chi connectivity index (χ0n) is 11.5. The van der Waals surface area contributed by atoms with Crippen LogP contribution in [0.2, 0.25) is 10.0 Å². The first kappa shape index (κ1) is 18.2. The molecule has 2 amide bonds. The Balaban J connectivity index is 2.11. The molecule has 0 saturated carbocycles. The molecule has 2 aromatic rings. The average Bonchev–Trinajstić information content (AvgIpc) is 2.33. The van der Waals surface area contributed by atoms with Crippen LogP contribution in [0.25, 0.3) is 0 Å². The molecular formula is C14H8Cl2F4N2O2. The van der Waals surface area contributed by atoms with Crippen molar-refractivity contribution in [2.24, 2.45) is 0 Å². The number of rotatable bonds is 3. The minimum Gasteiger partial charge on any atom is -0.406 e. The third kappa shape index (κ3) is 5.78. The van der Waals surface area contributed by atoms with Crippen LogP contribution in [-0.2, 0) is 0 Å². The minimum atomic E-state index is -4.90. The number of carbonyl (C=O) groups is 1. The van der Waals surface area contributed by atoms with E-state index in [1.165, 1.54) is 12.1 Å². The van der Waals surface area contributed by atoms with Crippen LogP contribution in [0, 0.1) is 5.82 Å². The smallest absolute Gasteiger partial charge is 0.406 e. The number of halogens is 6. The molecule has 2 rings (SSSR count). The zero-order chi connectivity index (χ0) is 17.9. The standard InChI is InChI=1S/C14H8Cl2F4N2O2/c15-7-1-9(17)5-10(2-7)21-13(23)22-11-3-8(16)4-12(6-11)24-14(18,19)20/h1-6H,(H2,21,22,23). The first-order valence-electron chi connectivity index (χ1n) is 6.21. The van der Waals surface area contributed by atoms with E-state index < -0.39 is 24.0 Å². The maximum Gasteiger partial charge on any atom is 0.573 e. The molecule has 0 unspecified atom stereocenters. The van der Waals surface area contributed by atoms with Gasteiger partial charge in [-0.2, -0.15) is 0 Å². The second-order valence-corrected chi connectivity index (χ2v) is 5.33. The molecule has 2 aromatic carbocycles. The van der Waals surface area contributed by atoms with E-state index in [0.717, 1.165) is 24.3 Å². The summed E-state index contributed by atoms with van der Waals surface area (Å²) in [7, 11) is 0. The van der Waals surface area contributed by atoms with Crippen molar-refractivity contribution in [2.75, 3.05) is 10.6 Å². The minimum absolute atomic E-state index is 0.0539. The molecule has 0 bridgehead atoms. The molecule has 0 atom stereocenters. The average molecular weight is 383 g/mol. The molecule has 128 valence electrons. The molecule has 10 heteroatoms. The number of amides is 2. The lowest BCUT2D eigenvalue weighted by atomic mass is 10.3. The van der Waals surface area contributed by atoms with Gasteiger partial charge in [0.15, 0.2) is 0 Å². The van der Waals surface area contributed by atoms with Crippen LogP contribution in [0.4, 0.5) is 33.7 Å². The van der Waals surface area contributed by atoms with Gasteiger partial charge in [0.1, 0.15) is 11.6 Å². The van der Waals surface area contributed by atoms with Gasteiger partial charge in [-0.1, -0.05) is 23.2 Å². The number of hydrogen-bond donors (Lipinski definition) is 2. The normalized spacial score (nSPS) is 11.1. The fourth-order valence-corrected chi connectivity index (χ4v) is 2.19. The zero-order valence-corrected chi connectivity index (χ0v) is 13.1. The Labute approximate surface area is 143 Å². The number of hydrogen-bond acceptors (Lipinski definition) is 2. The highest BCUT2D eigenvalue weighted by molar-refractivity contribution is 6.31. The summed E-state index contributed by atoms with van der Waals surface area (Å²) in [6, 6.07) is 5.59. The molecule has 0 aliphatic carbocycles. The van der Waals surface area contributed by atoms with Gasteiger partial charge in [0.25, 0.3) is 0 Å². The maximum atomic E-state index is 13.2. The van der Waals surface area contributed by atoms with Crippen LogP contribution < -0.4 is 15.4 Å². The number of urea groups is 1. The SMILES string of the molecule is O=C(Nc1cc(F)cc(Cl)c1)Nc1cc(Cl)cc(OC(F)(F)F)c1. The summed E-state index contributed by atoms with van der Waals surface area (Å²) in [5.41, 5.74) is 0.00745. The van der Waals surface area contributed by atoms with Crippen LogP contribution >= 0.6 is 23.2 Å².